The van der Waals surface area contributed by atoms with Crippen LogP contribution in [0, 0.1) is 13.8 Å². The molecule has 0 aliphatic heterocycles. The van der Waals surface area contributed by atoms with Crippen LogP contribution in [0.2, 0.25) is 0 Å². The molecule has 0 aliphatic rings. The quantitative estimate of drug-likeness (QED) is 0.778. The Balaban J connectivity index is 0.00000144. The standard InChI is InChI=1S/C14H15NS.CH4/c1-10-7-8-13(11(2)9-10)16-14-6-4-3-5-12(14)15;/h3-9H,15H2,1-2H3;1H4. The summed E-state index contributed by atoms with van der Waals surface area (Å²) >= 11 is 1.72. The van der Waals surface area contributed by atoms with Crippen LogP contribution >= 0.6 is 11.8 Å². The van der Waals surface area contributed by atoms with Crippen molar-refractivity contribution in [3.8, 4) is 0 Å². The van der Waals surface area contributed by atoms with E-state index in [1.165, 1.54) is 16.0 Å². The lowest BCUT2D eigenvalue weighted by atomic mass is 10.2. The highest BCUT2D eigenvalue weighted by atomic mass is 32.2. The third kappa shape index (κ3) is 3.27. The van der Waals surface area contributed by atoms with E-state index in [1.807, 2.05) is 18.2 Å². The van der Waals surface area contributed by atoms with Crippen molar-refractivity contribution < 1.29 is 0 Å². The van der Waals surface area contributed by atoms with E-state index in [0.717, 1.165) is 10.6 Å². The number of anilines is 1. The fraction of sp³-hybridized carbons (Fsp3) is 0.200. The summed E-state index contributed by atoms with van der Waals surface area (Å²) in [5, 5.41) is 0. The molecule has 17 heavy (non-hydrogen) atoms. The lowest BCUT2D eigenvalue weighted by Gasteiger charge is -2.08. The maximum absolute atomic E-state index is 5.93. The van der Waals surface area contributed by atoms with Crippen LogP contribution < -0.4 is 5.73 Å². The molecule has 0 aliphatic carbocycles. The molecule has 0 heterocycles. The molecule has 0 atom stereocenters. The predicted molar refractivity (Wildman–Crippen MR) is 77.6 cm³/mol. The number of nitrogens with two attached hydrogens (primary N) is 1. The molecule has 0 saturated carbocycles. The van der Waals surface area contributed by atoms with Crippen LogP contribution in [0.5, 0.6) is 0 Å². The van der Waals surface area contributed by atoms with Crippen molar-refractivity contribution >= 4 is 17.4 Å². The average molecular weight is 245 g/mol. The van der Waals surface area contributed by atoms with E-state index in [9.17, 15) is 0 Å². The van der Waals surface area contributed by atoms with Crippen molar-refractivity contribution in [2.75, 3.05) is 5.73 Å². The summed E-state index contributed by atoms with van der Waals surface area (Å²) < 4.78 is 0. The van der Waals surface area contributed by atoms with E-state index in [2.05, 4.69) is 38.1 Å². The van der Waals surface area contributed by atoms with Gasteiger partial charge in [-0.1, -0.05) is 49.0 Å². The van der Waals surface area contributed by atoms with Crippen LogP contribution in [0.3, 0.4) is 0 Å². The van der Waals surface area contributed by atoms with Gasteiger partial charge in [-0.3, -0.25) is 0 Å². The van der Waals surface area contributed by atoms with Crippen LogP contribution in [0.4, 0.5) is 5.69 Å². The predicted octanol–water partition coefficient (Wildman–Crippen LogP) is 4.67. The van der Waals surface area contributed by atoms with Crippen molar-refractivity contribution in [2.24, 2.45) is 0 Å². The highest BCUT2D eigenvalue weighted by molar-refractivity contribution is 7.99. The molecule has 2 aromatic rings. The minimum absolute atomic E-state index is 0. The lowest BCUT2D eigenvalue weighted by Crippen LogP contribution is -1.88. The fourth-order valence-electron chi connectivity index (χ4n) is 1.61. The first-order chi connectivity index (χ1) is 7.66. The summed E-state index contributed by atoms with van der Waals surface area (Å²) in [6.45, 7) is 4.24. The van der Waals surface area contributed by atoms with E-state index in [1.54, 1.807) is 11.8 Å². The minimum atomic E-state index is 0. The lowest BCUT2D eigenvalue weighted by molar-refractivity contribution is 1.26. The zero-order valence-corrected chi connectivity index (χ0v) is 10.3. The van der Waals surface area contributed by atoms with Crippen molar-refractivity contribution in [3.63, 3.8) is 0 Å². The number of benzene rings is 2. The molecule has 0 radical (unpaired) electrons. The Morgan fingerprint density at radius 2 is 1.65 bits per heavy atom. The summed E-state index contributed by atoms with van der Waals surface area (Å²) in [5.74, 6) is 0. The Morgan fingerprint density at radius 3 is 2.29 bits per heavy atom. The van der Waals surface area contributed by atoms with Crippen LogP contribution in [0.25, 0.3) is 0 Å². The normalized spacial score (nSPS) is 9.76. The van der Waals surface area contributed by atoms with E-state index in [4.69, 9.17) is 5.73 Å². The Bertz CT molecular complexity index is 506. The van der Waals surface area contributed by atoms with Crippen molar-refractivity contribution in [2.45, 2.75) is 31.1 Å². The van der Waals surface area contributed by atoms with E-state index in [-0.39, 0.29) is 7.43 Å². The topological polar surface area (TPSA) is 26.0 Å². The molecular weight excluding hydrogens is 226 g/mol. The maximum Gasteiger partial charge on any atom is 0.0455 e. The van der Waals surface area contributed by atoms with Crippen LogP contribution in [0.15, 0.2) is 52.3 Å². The molecule has 2 rings (SSSR count). The summed E-state index contributed by atoms with van der Waals surface area (Å²) in [5.41, 5.74) is 9.36. The monoisotopic (exact) mass is 245 g/mol. The molecule has 0 amide bonds. The summed E-state index contributed by atoms with van der Waals surface area (Å²) in [6.07, 6.45) is 0. The van der Waals surface area contributed by atoms with Gasteiger partial charge in [0.25, 0.3) is 0 Å². The first-order valence-corrected chi connectivity index (χ1v) is 6.08. The smallest absolute Gasteiger partial charge is 0.0455 e. The molecular formula is C15H19NS. The highest BCUT2D eigenvalue weighted by Crippen LogP contribution is 2.33. The van der Waals surface area contributed by atoms with Gasteiger partial charge in [0, 0.05) is 15.5 Å². The van der Waals surface area contributed by atoms with Gasteiger partial charge in [-0.15, -0.1) is 0 Å². The van der Waals surface area contributed by atoms with Gasteiger partial charge >= 0.3 is 0 Å². The third-order valence-corrected chi connectivity index (χ3v) is 3.74. The van der Waals surface area contributed by atoms with E-state index >= 15 is 0 Å². The highest BCUT2D eigenvalue weighted by Gasteiger charge is 2.03. The second-order valence-corrected chi connectivity index (χ2v) is 4.99. The van der Waals surface area contributed by atoms with Gasteiger partial charge in [-0.05, 0) is 37.6 Å². The number of hydrogen-bond donors (Lipinski definition) is 1. The fourth-order valence-corrected chi connectivity index (χ4v) is 2.53. The summed E-state index contributed by atoms with van der Waals surface area (Å²) in [7, 11) is 0. The van der Waals surface area contributed by atoms with Gasteiger partial charge in [0.1, 0.15) is 0 Å². The van der Waals surface area contributed by atoms with Gasteiger partial charge < -0.3 is 5.73 Å². The van der Waals surface area contributed by atoms with Crippen LogP contribution in [-0.2, 0) is 0 Å². The van der Waals surface area contributed by atoms with Crippen molar-refractivity contribution in [3.05, 3.63) is 53.6 Å². The van der Waals surface area contributed by atoms with Gasteiger partial charge in [0.2, 0.25) is 0 Å². The molecule has 2 N–H and O–H groups in total. The number of aryl methyl sites for hydroxylation is 2. The molecule has 90 valence electrons. The second-order valence-electron chi connectivity index (χ2n) is 3.91. The summed E-state index contributed by atoms with van der Waals surface area (Å²) in [6, 6.07) is 14.5. The van der Waals surface area contributed by atoms with E-state index in [0.29, 0.717) is 0 Å². The molecule has 0 spiro atoms. The van der Waals surface area contributed by atoms with Gasteiger partial charge in [-0.25, -0.2) is 0 Å². The van der Waals surface area contributed by atoms with Gasteiger partial charge in [-0.2, -0.15) is 0 Å². The second kappa shape index (κ2) is 5.78. The number of nitrogen functional groups attached to an aromatic ring is 1. The maximum atomic E-state index is 5.93. The molecule has 0 aromatic heterocycles. The zero-order valence-electron chi connectivity index (χ0n) is 9.53. The number of para-hydroxylation sites is 1. The SMILES string of the molecule is C.Cc1ccc(Sc2ccccc2N)c(C)c1. The molecule has 0 unspecified atom stereocenters. The average Bonchev–Trinajstić information content (AvgIpc) is 2.25. The molecule has 0 fully saturated rings. The molecule has 0 bridgehead atoms. The Morgan fingerprint density at radius 1 is 0.941 bits per heavy atom. The number of hydrogen-bond acceptors (Lipinski definition) is 2. The Labute approximate surface area is 108 Å². The van der Waals surface area contributed by atoms with Crippen LogP contribution in [0.1, 0.15) is 18.6 Å². The van der Waals surface area contributed by atoms with Crippen LogP contribution in [-0.4, -0.2) is 0 Å². The first kappa shape index (κ1) is 13.7. The molecule has 2 aromatic carbocycles. The zero-order chi connectivity index (χ0) is 11.5. The van der Waals surface area contributed by atoms with Gasteiger partial charge in [0.05, 0.1) is 0 Å². The molecule has 0 saturated heterocycles. The van der Waals surface area contributed by atoms with E-state index < -0.39 is 0 Å². The minimum Gasteiger partial charge on any atom is -0.398 e. The third-order valence-electron chi connectivity index (χ3n) is 2.47. The summed E-state index contributed by atoms with van der Waals surface area (Å²) in [4.78, 5) is 2.39. The Hall–Kier alpha value is -1.41. The largest absolute Gasteiger partial charge is 0.398 e. The van der Waals surface area contributed by atoms with Crippen molar-refractivity contribution in [1.29, 1.82) is 0 Å². The molecule has 2 heteroatoms. The molecule has 1 nitrogen and oxygen atoms in total. The first-order valence-electron chi connectivity index (χ1n) is 5.26. The van der Waals surface area contributed by atoms with Crippen molar-refractivity contribution in [1.82, 2.24) is 0 Å². The number of rotatable bonds is 2. The Kier molecular flexibility index (Phi) is 4.64. The van der Waals surface area contributed by atoms with Gasteiger partial charge in [0.15, 0.2) is 0 Å².